The molecule has 5 aliphatic rings. The monoisotopic (exact) mass is 842 g/mol. The molecule has 9 rings (SSSR count). The molecular weight excluding hydrogens is 792 g/mol. The van der Waals surface area contributed by atoms with Crippen molar-refractivity contribution in [3.63, 3.8) is 0 Å². The Hall–Kier alpha value is -5.66. The van der Waals surface area contributed by atoms with Crippen molar-refractivity contribution in [2.24, 2.45) is 5.92 Å². The van der Waals surface area contributed by atoms with Crippen LogP contribution in [0.3, 0.4) is 0 Å². The van der Waals surface area contributed by atoms with E-state index < -0.39 is 11.9 Å². The third kappa shape index (κ3) is 8.90. The molecule has 0 spiro atoms. The lowest BCUT2D eigenvalue weighted by Crippen LogP contribution is -2.54. The Bertz CT molecular complexity index is 2330. The van der Waals surface area contributed by atoms with Crippen LogP contribution in [0.2, 0.25) is 5.02 Å². The minimum atomic E-state index is -0.624. The normalized spacial score (nSPS) is 22.5. The van der Waals surface area contributed by atoms with Crippen LogP contribution in [0.15, 0.2) is 79.0 Å². The second-order valence-corrected chi connectivity index (χ2v) is 17.5. The number of nitrogens with zero attached hydrogens (tertiary/aromatic N) is 6. The molecule has 14 heteroatoms. The Balaban J connectivity index is 0.727. The Morgan fingerprint density at radius 2 is 1.56 bits per heavy atom. The van der Waals surface area contributed by atoms with Crippen molar-refractivity contribution in [2.75, 3.05) is 51.1 Å². The van der Waals surface area contributed by atoms with E-state index in [-0.39, 0.29) is 42.0 Å². The van der Waals surface area contributed by atoms with E-state index in [0.717, 1.165) is 67.4 Å². The predicted molar refractivity (Wildman–Crippen MR) is 231 cm³/mol. The average Bonchev–Trinajstić information content (AvgIpc) is 3.62. The highest BCUT2D eigenvalue weighted by Crippen LogP contribution is 2.35. The van der Waals surface area contributed by atoms with Crippen molar-refractivity contribution in [1.29, 1.82) is 0 Å². The number of imide groups is 1. The van der Waals surface area contributed by atoms with Crippen LogP contribution in [0.5, 0.6) is 0 Å². The number of carbonyl (C=O) groups excluding carboxylic acids is 5. The van der Waals surface area contributed by atoms with Crippen LogP contribution in [0.4, 0.5) is 5.95 Å². The van der Waals surface area contributed by atoms with Gasteiger partial charge in [-0.25, -0.2) is 9.97 Å². The van der Waals surface area contributed by atoms with E-state index in [1.807, 2.05) is 52.3 Å². The smallest absolute Gasteiger partial charge is 0.255 e. The van der Waals surface area contributed by atoms with Gasteiger partial charge in [-0.15, -0.1) is 0 Å². The summed E-state index contributed by atoms with van der Waals surface area (Å²) < 4.78 is 0. The third-order valence-corrected chi connectivity index (χ3v) is 13.5. The zero-order valence-corrected chi connectivity index (χ0v) is 35.0. The molecule has 2 N–H and O–H groups in total. The topological polar surface area (TPSA) is 148 Å². The first-order valence-electron chi connectivity index (χ1n) is 21.7. The summed E-state index contributed by atoms with van der Waals surface area (Å²) in [7, 11) is 0. The van der Waals surface area contributed by atoms with Crippen LogP contribution in [0.25, 0.3) is 22.4 Å². The SMILES string of the molecule is O=C1CCC(N2Cc3cc(C4CCN(CC(=O)N5CCN(C(=O)[C@H]6CCC[C@@H](Nc7ncc(Cl)c(-c8cccc(-c9ccccc9)c8)n7)C6)CC5)CC4)ccc3C2=O)C(=O)N1. The number of anilines is 1. The summed E-state index contributed by atoms with van der Waals surface area (Å²) in [4.78, 5) is 81.5. The maximum atomic E-state index is 13.8. The van der Waals surface area contributed by atoms with Gasteiger partial charge in [0, 0.05) is 62.2 Å². The Labute approximate surface area is 360 Å². The fraction of sp³-hybridized carbons (Fsp3) is 0.426. The van der Waals surface area contributed by atoms with Crippen LogP contribution < -0.4 is 10.6 Å². The summed E-state index contributed by atoms with van der Waals surface area (Å²) >= 11 is 6.62. The number of hydrogen-bond acceptors (Lipinski definition) is 9. The molecule has 3 saturated heterocycles. The molecule has 4 fully saturated rings. The maximum Gasteiger partial charge on any atom is 0.255 e. The van der Waals surface area contributed by atoms with Crippen LogP contribution in [0, 0.1) is 5.92 Å². The molecule has 316 valence electrons. The van der Waals surface area contributed by atoms with E-state index in [9.17, 15) is 24.0 Å². The highest BCUT2D eigenvalue weighted by atomic mass is 35.5. The van der Waals surface area contributed by atoms with E-state index in [1.54, 1.807) is 11.1 Å². The second kappa shape index (κ2) is 17.7. The van der Waals surface area contributed by atoms with Gasteiger partial charge in [-0.1, -0.05) is 78.7 Å². The third-order valence-electron chi connectivity index (χ3n) is 13.3. The lowest BCUT2D eigenvalue weighted by molar-refractivity contribution is -0.143. The number of carbonyl (C=O) groups is 5. The number of fused-ring (bicyclic) bond motifs is 1. The van der Waals surface area contributed by atoms with Gasteiger partial charge in [0.2, 0.25) is 29.6 Å². The van der Waals surface area contributed by atoms with Gasteiger partial charge < -0.3 is 20.0 Å². The summed E-state index contributed by atoms with van der Waals surface area (Å²) in [6.45, 7) is 4.47. The quantitative estimate of drug-likeness (QED) is 0.201. The fourth-order valence-corrected chi connectivity index (χ4v) is 10.0. The van der Waals surface area contributed by atoms with Gasteiger partial charge in [-0.2, -0.15) is 0 Å². The van der Waals surface area contributed by atoms with Crippen LogP contribution in [0.1, 0.15) is 78.8 Å². The number of benzene rings is 3. The molecular formula is C47H51ClN8O5. The molecule has 3 aromatic carbocycles. The molecule has 1 aliphatic carbocycles. The van der Waals surface area contributed by atoms with Gasteiger partial charge in [-0.3, -0.25) is 34.2 Å². The van der Waals surface area contributed by atoms with Crippen molar-refractivity contribution >= 4 is 47.1 Å². The number of likely N-dealkylation sites (tertiary alicyclic amines) is 1. The van der Waals surface area contributed by atoms with E-state index in [1.165, 1.54) is 5.56 Å². The zero-order chi connectivity index (χ0) is 42.0. The Kier molecular flexibility index (Phi) is 11.8. The zero-order valence-electron chi connectivity index (χ0n) is 34.2. The molecule has 0 bridgehead atoms. The first-order valence-corrected chi connectivity index (χ1v) is 22.1. The summed E-state index contributed by atoms with van der Waals surface area (Å²) in [6.07, 6.45) is 7.42. The number of piperazine rings is 1. The highest BCUT2D eigenvalue weighted by Gasteiger charge is 2.40. The van der Waals surface area contributed by atoms with Crippen molar-refractivity contribution < 1.29 is 24.0 Å². The standard InChI is InChI=1S/C47H51ClN8O5/c48-39-27-49-47(52-43(39)34-9-4-8-32(24-34)30-6-2-1-3-7-30)50-37-11-5-10-35(26-37)45(60)55-22-20-54(21-23-55)42(58)29-53-18-16-31(17-19-53)33-12-13-38-36(25-33)28-56(46(38)61)40-14-15-41(57)51-44(40)59/h1-4,6-9,12-13,24-25,27,31,35,37,40H,5,10-11,14-23,26,28-29H2,(H,49,50,52)(H,51,57,59)/t35-,37+,40?/m0/s1. The molecule has 4 aromatic rings. The maximum absolute atomic E-state index is 13.8. The number of halogens is 1. The van der Waals surface area contributed by atoms with E-state index in [2.05, 4.69) is 50.8 Å². The lowest BCUT2D eigenvalue weighted by atomic mass is 9.84. The highest BCUT2D eigenvalue weighted by molar-refractivity contribution is 6.33. The van der Waals surface area contributed by atoms with Crippen LogP contribution in [-0.2, 0) is 25.7 Å². The summed E-state index contributed by atoms with van der Waals surface area (Å²) in [5.41, 5.74) is 6.49. The average molecular weight is 843 g/mol. The Morgan fingerprint density at radius 3 is 2.34 bits per heavy atom. The van der Waals surface area contributed by atoms with Crippen molar-refractivity contribution in [3.8, 4) is 22.4 Å². The predicted octanol–water partition coefficient (Wildman–Crippen LogP) is 5.75. The van der Waals surface area contributed by atoms with E-state index >= 15 is 0 Å². The van der Waals surface area contributed by atoms with Crippen molar-refractivity contribution in [2.45, 2.75) is 75.9 Å². The summed E-state index contributed by atoms with van der Waals surface area (Å²) in [5.74, 6) is 0.130. The molecule has 1 saturated carbocycles. The van der Waals surface area contributed by atoms with Crippen molar-refractivity contribution in [1.82, 2.24) is 34.9 Å². The number of piperidine rings is 2. The molecule has 1 unspecified atom stereocenters. The molecule has 5 amide bonds. The summed E-state index contributed by atoms with van der Waals surface area (Å²) in [6, 6.07) is 23.8. The van der Waals surface area contributed by atoms with E-state index in [4.69, 9.17) is 16.6 Å². The number of amides is 5. The fourth-order valence-electron chi connectivity index (χ4n) is 9.84. The molecule has 3 atom stereocenters. The molecule has 4 aliphatic heterocycles. The number of rotatable bonds is 9. The van der Waals surface area contributed by atoms with Gasteiger partial charge in [-0.05, 0) is 91.9 Å². The minimum Gasteiger partial charge on any atom is -0.351 e. The first kappa shape index (κ1) is 40.7. The van der Waals surface area contributed by atoms with E-state index in [0.29, 0.717) is 80.3 Å². The molecule has 61 heavy (non-hydrogen) atoms. The molecule has 13 nitrogen and oxygen atoms in total. The van der Waals surface area contributed by atoms with Gasteiger partial charge >= 0.3 is 0 Å². The number of aromatic nitrogens is 2. The van der Waals surface area contributed by atoms with Crippen LogP contribution in [-0.4, -0.2) is 117 Å². The second-order valence-electron chi connectivity index (χ2n) is 17.1. The van der Waals surface area contributed by atoms with Crippen molar-refractivity contribution in [3.05, 3.63) is 101 Å². The lowest BCUT2D eigenvalue weighted by Gasteiger charge is -2.39. The van der Waals surface area contributed by atoms with Crippen LogP contribution >= 0.6 is 11.6 Å². The Morgan fingerprint density at radius 1 is 0.803 bits per heavy atom. The number of nitrogens with one attached hydrogen (secondary N) is 2. The molecule has 0 radical (unpaired) electrons. The van der Waals surface area contributed by atoms with Gasteiger partial charge in [0.05, 0.1) is 23.5 Å². The largest absolute Gasteiger partial charge is 0.351 e. The number of hydrogen-bond donors (Lipinski definition) is 2. The summed E-state index contributed by atoms with van der Waals surface area (Å²) in [5, 5.41) is 6.35. The van der Waals surface area contributed by atoms with Gasteiger partial charge in [0.1, 0.15) is 6.04 Å². The molecule has 5 heterocycles. The van der Waals surface area contributed by atoms with Gasteiger partial charge in [0.25, 0.3) is 5.91 Å². The van der Waals surface area contributed by atoms with Gasteiger partial charge in [0.15, 0.2) is 0 Å². The first-order chi connectivity index (χ1) is 29.7. The molecule has 1 aromatic heterocycles. The minimum absolute atomic E-state index is 0.0571.